The second-order valence-electron chi connectivity index (χ2n) is 2.31. The van der Waals surface area contributed by atoms with Crippen molar-refractivity contribution in [3.8, 4) is 0 Å². The van der Waals surface area contributed by atoms with Gasteiger partial charge in [-0.2, -0.15) is 13.2 Å². The first-order chi connectivity index (χ1) is 5.49. The van der Waals surface area contributed by atoms with E-state index in [1.165, 1.54) is 0 Å². The molecule has 0 fully saturated rings. The Morgan fingerprint density at radius 2 is 1.67 bits per heavy atom. The van der Waals surface area contributed by atoms with Gasteiger partial charge >= 0.3 is 5.51 Å². The van der Waals surface area contributed by atoms with E-state index in [-0.39, 0.29) is 37.1 Å². The quantitative estimate of drug-likeness (QED) is 0.707. The highest BCUT2D eigenvalue weighted by atomic mass is 32.2. The lowest BCUT2D eigenvalue weighted by Gasteiger charge is -2.10. The molecule has 0 saturated heterocycles. The molecule has 12 heavy (non-hydrogen) atoms. The van der Waals surface area contributed by atoms with Gasteiger partial charge in [0.25, 0.3) is 0 Å². The van der Waals surface area contributed by atoms with Crippen LogP contribution in [0.5, 0.6) is 0 Å². The van der Waals surface area contributed by atoms with Gasteiger partial charge in [0.15, 0.2) is 0 Å². The molecule has 0 aromatic carbocycles. The molecule has 0 aromatic heterocycles. The third-order valence-electron chi connectivity index (χ3n) is 1.31. The molecule has 0 spiro atoms. The average Bonchev–Trinajstić information content (AvgIpc) is 1.96. The van der Waals surface area contributed by atoms with Gasteiger partial charge in [-0.3, -0.25) is 0 Å². The first kappa shape index (κ1) is 12.1. The van der Waals surface area contributed by atoms with Crippen molar-refractivity contribution in [2.24, 2.45) is 5.92 Å². The first-order valence-electron chi connectivity index (χ1n) is 3.42. The van der Waals surface area contributed by atoms with Crippen LogP contribution in [0.1, 0.15) is 6.42 Å². The van der Waals surface area contributed by atoms with Gasteiger partial charge < -0.3 is 10.2 Å². The smallest absolute Gasteiger partial charge is 0.396 e. The summed E-state index contributed by atoms with van der Waals surface area (Å²) < 4.78 is 34.7. The van der Waals surface area contributed by atoms with E-state index >= 15 is 0 Å². The number of rotatable bonds is 5. The highest BCUT2D eigenvalue weighted by Crippen LogP contribution is 2.31. The Morgan fingerprint density at radius 1 is 1.17 bits per heavy atom. The zero-order valence-corrected chi connectivity index (χ0v) is 7.16. The molecule has 0 aliphatic carbocycles. The minimum Gasteiger partial charge on any atom is -0.396 e. The van der Waals surface area contributed by atoms with Gasteiger partial charge in [0.2, 0.25) is 0 Å². The molecule has 0 atom stereocenters. The summed E-state index contributed by atoms with van der Waals surface area (Å²) in [6, 6.07) is 0. The third-order valence-corrected chi connectivity index (χ3v) is 2.08. The molecule has 0 aliphatic rings. The van der Waals surface area contributed by atoms with Crippen molar-refractivity contribution in [2.75, 3.05) is 19.0 Å². The van der Waals surface area contributed by atoms with Crippen LogP contribution in [-0.2, 0) is 0 Å². The second-order valence-corrected chi connectivity index (χ2v) is 3.47. The number of hydrogen-bond donors (Lipinski definition) is 2. The largest absolute Gasteiger partial charge is 0.441 e. The Morgan fingerprint density at radius 3 is 2.00 bits per heavy atom. The molecule has 0 aliphatic heterocycles. The molecule has 0 saturated carbocycles. The van der Waals surface area contributed by atoms with Crippen molar-refractivity contribution in [1.29, 1.82) is 0 Å². The van der Waals surface area contributed by atoms with E-state index < -0.39 is 11.4 Å². The zero-order valence-electron chi connectivity index (χ0n) is 6.34. The van der Waals surface area contributed by atoms with Crippen LogP contribution in [-0.4, -0.2) is 34.7 Å². The fourth-order valence-corrected chi connectivity index (χ4v) is 1.26. The summed E-state index contributed by atoms with van der Waals surface area (Å²) in [7, 11) is 0. The third kappa shape index (κ3) is 6.75. The summed E-state index contributed by atoms with van der Waals surface area (Å²) >= 11 is -0.130. The molecule has 0 amide bonds. The average molecular weight is 204 g/mol. The van der Waals surface area contributed by atoms with Gasteiger partial charge in [0, 0.05) is 24.9 Å². The van der Waals surface area contributed by atoms with Crippen molar-refractivity contribution in [3.63, 3.8) is 0 Å². The Balaban J connectivity index is 3.41. The number of hydrogen-bond acceptors (Lipinski definition) is 3. The summed E-state index contributed by atoms with van der Waals surface area (Å²) in [6.07, 6.45) is 0.178. The van der Waals surface area contributed by atoms with Gasteiger partial charge in [0.1, 0.15) is 0 Å². The van der Waals surface area contributed by atoms with Crippen LogP contribution in [0.2, 0.25) is 0 Å². The van der Waals surface area contributed by atoms with Gasteiger partial charge in [-0.25, -0.2) is 0 Å². The van der Waals surface area contributed by atoms with Crippen LogP contribution in [0.3, 0.4) is 0 Å². The van der Waals surface area contributed by atoms with Gasteiger partial charge in [-0.15, -0.1) is 0 Å². The van der Waals surface area contributed by atoms with E-state index in [0.717, 1.165) is 0 Å². The molecule has 0 bridgehead atoms. The maximum atomic E-state index is 11.6. The number of aliphatic hydroxyl groups is 2. The molecular formula is C6H11F3O2S. The molecule has 6 heteroatoms. The summed E-state index contributed by atoms with van der Waals surface area (Å²) in [5.74, 6) is -0.546. The van der Waals surface area contributed by atoms with Gasteiger partial charge in [-0.05, 0) is 6.42 Å². The fourth-order valence-electron chi connectivity index (χ4n) is 0.582. The Kier molecular flexibility index (Phi) is 5.69. The van der Waals surface area contributed by atoms with Crippen molar-refractivity contribution in [2.45, 2.75) is 11.9 Å². The lowest BCUT2D eigenvalue weighted by atomic mass is 10.1. The molecule has 74 valence electrons. The van der Waals surface area contributed by atoms with E-state index in [2.05, 4.69) is 0 Å². The van der Waals surface area contributed by atoms with E-state index in [4.69, 9.17) is 10.2 Å². The maximum Gasteiger partial charge on any atom is 0.441 e. The number of aliphatic hydroxyl groups excluding tert-OH is 2. The minimum atomic E-state index is -4.21. The lowest BCUT2D eigenvalue weighted by molar-refractivity contribution is -0.0329. The standard InChI is InChI=1S/C6H11F3O2S/c7-6(8,9)12-2-1-5(3-10)4-11/h5,10-11H,1-4H2. The summed E-state index contributed by atoms with van der Waals surface area (Å²) in [5, 5.41) is 17.0. The molecule has 0 unspecified atom stereocenters. The van der Waals surface area contributed by atoms with Crippen LogP contribution in [0, 0.1) is 5.92 Å². The molecule has 0 rings (SSSR count). The minimum absolute atomic E-state index is 0.116. The number of thioether (sulfide) groups is 1. The van der Waals surface area contributed by atoms with E-state index in [1.54, 1.807) is 0 Å². The topological polar surface area (TPSA) is 40.5 Å². The summed E-state index contributed by atoms with van der Waals surface area (Å²) in [4.78, 5) is 0. The Labute approximate surface area is 72.8 Å². The fraction of sp³-hybridized carbons (Fsp3) is 1.00. The summed E-state index contributed by atoms with van der Waals surface area (Å²) in [5.41, 5.74) is -4.21. The molecular weight excluding hydrogens is 193 g/mol. The van der Waals surface area contributed by atoms with Crippen molar-refractivity contribution in [3.05, 3.63) is 0 Å². The predicted octanol–water partition coefficient (Wildman–Crippen LogP) is 1.23. The van der Waals surface area contributed by atoms with Crippen LogP contribution < -0.4 is 0 Å². The molecule has 0 heterocycles. The van der Waals surface area contributed by atoms with Crippen LogP contribution in [0.4, 0.5) is 13.2 Å². The highest BCUT2D eigenvalue weighted by molar-refractivity contribution is 8.00. The zero-order chi connectivity index (χ0) is 9.61. The maximum absolute atomic E-state index is 11.6. The Bertz CT molecular complexity index is 114. The SMILES string of the molecule is OCC(CO)CCSC(F)(F)F. The van der Waals surface area contributed by atoms with Crippen molar-refractivity contribution >= 4 is 11.8 Å². The predicted molar refractivity (Wildman–Crippen MR) is 40.8 cm³/mol. The van der Waals surface area contributed by atoms with E-state index in [0.29, 0.717) is 0 Å². The van der Waals surface area contributed by atoms with Crippen LogP contribution in [0.15, 0.2) is 0 Å². The normalized spacial score (nSPS) is 12.5. The first-order valence-corrected chi connectivity index (χ1v) is 4.40. The molecule has 2 N–H and O–H groups in total. The summed E-state index contributed by atoms with van der Waals surface area (Å²) in [6.45, 7) is -0.538. The van der Waals surface area contributed by atoms with E-state index in [1.807, 2.05) is 0 Å². The van der Waals surface area contributed by atoms with Gasteiger partial charge in [0.05, 0.1) is 0 Å². The number of halogens is 3. The van der Waals surface area contributed by atoms with E-state index in [9.17, 15) is 13.2 Å². The van der Waals surface area contributed by atoms with Crippen LogP contribution >= 0.6 is 11.8 Å². The highest BCUT2D eigenvalue weighted by Gasteiger charge is 2.27. The van der Waals surface area contributed by atoms with Crippen molar-refractivity contribution < 1.29 is 23.4 Å². The Hall–Kier alpha value is 0.0600. The molecule has 0 aromatic rings. The second kappa shape index (κ2) is 5.66. The molecule has 0 radical (unpaired) electrons. The monoisotopic (exact) mass is 204 g/mol. The van der Waals surface area contributed by atoms with Crippen LogP contribution in [0.25, 0.3) is 0 Å². The number of alkyl halides is 3. The lowest BCUT2D eigenvalue weighted by Crippen LogP contribution is -2.13. The molecule has 2 nitrogen and oxygen atoms in total. The van der Waals surface area contributed by atoms with Gasteiger partial charge in [-0.1, -0.05) is 11.8 Å². The van der Waals surface area contributed by atoms with Crippen molar-refractivity contribution in [1.82, 2.24) is 0 Å².